The summed E-state index contributed by atoms with van der Waals surface area (Å²) < 4.78 is 1.89. The van der Waals surface area contributed by atoms with E-state index in [2.05, 4.69) is 19.9 Å². The number of rotatable bonds is 2. The van der Waals surface area contributed by atoms with Crippen molar-refractivity contribution in [1.29, 1.82) is 0 Å². The minimum atomic E-state index is 0.638. The van der Waals surface area contributed by atoms with Crippen molar-refractivity contribution >= 4 is 5.78 Å². The maximum absolute atomic E-state index is 4.55. The Labute approximate surface area is 121 Å². The monoisotopic (exact) mass is 273 g/mol. The van der Waals surface area contributed by atoms with Gasteiger partial charge in [0.15, 0.2) is 0 Å². The van der Waals surface area contributed by atoms with Crippen LogP contribution in [-0.2, 0) is 0 Å². The third-order valence-electron chi connectivity index (χ3n) is 3.18. The van der Waals surface area contributed by atoms with Crippen LogP contribution in [0.3, 0.4) is 0 Å². The van der Waals surface area contributed by atoms with Gasteiger partial charge in [0.25, 0.3) is 0 Å². The number of nitrogens with zero attached hydrogens (tertiary/aromatic N) is 5. The van der Waals surface area contributed by atoms with Gasteiger partial charge < -0.3 is 0 Å². The molecule has 0 aliphatic rings. The molecule has 0 amide bonds. The van der Waals surface area contributed by atoms with Crippen molar-refractivity contribution < 1.29 is 0 Å². The van der Waals surface area contributed by atoms with E-state index in [1.165, 1.54) is 0 Å². The fraction of sp³-hybridized carbons (Fsp3) is 0. The minimum Gasteiger partial charge on any atom is -0.290 e. The zero-order valence-corrected chi connectivity index (χ0v) is 11.1. The Kier molecular flexibility index (Phi) is 2.67. The van der Waals surface area contributed by atoms with Crippen LogP contribution in [0.25, 0.3) is 28.6 Å². The van der Waals surface area contributed by atoms with Crippen LogP contribution >= 0.6 is 0 Å². The first-order valence-electron chi connectivity index (χ1n) is 6.59. The highest BCUT2D eigenvalue weighted by molar-refractivity contribution is 5.60. The van der Waals surface area contributed by atoms with Gasteiger partial charge >= 0.3 is 0 Å². The number of pyridine rings is 2. The van der Waals surface area contributed by atoms with Gasteiger partial charge in [0.2, 0.25) is 5.78 Å². The summed E-state index contributed by atoms with van der Waals surface area (Å²) in [4.78, 5) is 17.7. The van der Waals surface area contributed by atoms with E-state index in [-0.39, 0.29) is 0 Å². The molecule has 21 heavy (non-hydrogen) atoms. The molecule has 0 atom stereocenters. The Hall–Kier alpha value is -3.08. The number of hydrogen-bond donors (Lipinski definition) is 0. The molecule has 0 spiro atoms. The lowest BCUT2D eigenvalue weighted by Crippen LogP contribution is -1.91. The summed E-state index contributed by atoms with van der Waals surface area (Å²) in [5.41, 5.74) is 3.28. The number of aromatic nitrogens is 5. The lowest BCUT2D eigenvalue weighted by Gasteiger charge is -1.99. The number of imidazole rings is 1. The van der Waals surface area contributed by atoms with Gasteiger partial charge in [-0.05, 0) is 30.3 Å². The van der Waals surface area contributed by atoms with Crippen LogP contribution in [0.2, 0.25) is 0 Å². The summed E-state index contributed by atoms with van der Waals surface area (Å²) in [5, 5.41) is 0. The SMILES string of the molecule is c1ccc(-c2ccn3cc(-c4ccccn4)nc3n2)nc1. The fourth-order valence-electron chi connectivity index (χ4n) is 2.17. The molecule has 0 aromatic carbocycles. The average Bonchev–Trinajstić information content (AvgIpc) is 2.99. The van der Waals surface area contributed by atoms with Gasteiger partial charge in [0.05, 0.1) is 17.1 Å². The summed E-state index contributed by atoms with van der Waals surface area (Å²) in [6.45, 7) is 0. The molecule has 5 nitrogen and oxygen atoms in total. The predicted molar refractivity (Wildman–Crippen MR) is 79.4 cm³/mol. The van der Waals surface area contributed by atoms with E-state index in [0.717, 1.165) is 22.8 Å². The smallest absolute Gasteiger partial charge is 0.234 e. The molecule has 0 saturated heterocycles. The molecule has 0 aliphatic heterocycles. The highest BCUT2D eigenvalue weighted by Crippen LogP contribution is 2.18. The predicted octanol–water partition coefficient (Wildman–Crippen LogP) is 2.85. The first kappa shape index (κ1) is 11.7. The van der Waals surface area contributed by atoms with Crippen molar-refractivity contribution in [3.05, 3.63) is 67.3 Å². The molecular weight excluding hydrogens is 262 g/mol. The van der Waals surface area contributed by atoms with Crippen molar-refractivity contribution in [2.45, 2.75) is 0 Å². The Bertz CT molecular complexity index is 847. The molecule has 5 heteroatoms. The van der Waals surface area contributed by atoms with Crippen molar-refractivity contribution in [3.8, 4) is 22.8 Å². The summed E-state index contributed by atoms with van der Waals surface area (Å²) in [5.74, 6) is 0.638. The van der Waals surface area contributed by atoms with Crippen LogP contribution in [0.4, 0.5) is 0 Å². The fourth-order valence-corrected chi connectivity index (χ4v) is 2.17. The average molecular weight is 273 g/mol. The summed E-state index contributed by atoms with van der Waals surface area (Å²) in [6, 6.07) is 13.5. The largest absolute Gasteiger partial charge is 0.290 e. The van der Waals surface area contributed by atoms with Crippen LogP contribution < -0.4 is 0 Å². The van der Waals surface area contributed by atoms with Crippen LogP contribution in [0.15, 0.2) is 67.3 Å². The third kappa shape index (κ3) is 2.14. The van der Waals surface area contributed by atoms with Crippen LogP contribution in [0.5, 0.6) is 0 Å². The normalized spacial score (nSPS) is 10.9. The molecule has 0 fully saturated rings. The zero-order valence-electron chi connectivity index (χ0n) is 11.1. The highest BCUT2D eigenvalue weighted by atomic mass is 15.1. The molecule has 4 aromatic heterocycles. The summed E-state index contributed by atoms with van der Waals surface area (Å²) in [6.07, 6.45) is 7.37. The zero-order chi connectivity index (χ0) is 14.1. The van der Waals surface area contributed by atoms with Gasteiger partial charge in [-0.15, -0.1) is 0 Å². The van der Waals surface area contributed by atoms with E-state index < -0.39 is 0 Å². The molecule has 0 saturated carbocycles. The quantitative estimate of drug-likeness (QED) is 0.563. The summed E-state index contributed by atoms with van der Waals surface area (Å²) >= 11 is 0. The first-order chi connectivity index (χ1) is 10.4. The molecule has 0 radical (unpaired) electrons. The van der Waals surface area contributed by atoms with E-state index in [1.54, 1.807) is 12.4 Å². The molecule has 0 N–H and O–H groups in total. The van der Waals surface area contributed by atoms with Gasteiger partial charge in [-0.25, -0.2) is 9.97 Å². The van der Waals surface area contributed by atoms with E-state index in [4.69, 9.17) is 0 Å². The number of fused-ring (bicyclic) bond motifs is 1. The molecule has 0 unspecified atom stereocenters. The van der Waals surface area contributed by atoms with E-state index in [1.807, 2.05) is 59.3 Å². The second-order valence-electron chi connectivity index (χ2n) is 4.58. The van der Waals surface area contributed by atoms with E-state index in [0.29, 0.717) is 5.78 Å². The van der Waals surface area contributed by atoms with Gasteiger partial charge in [-0.1, -0.05) is 12.1 Å². The topological polar surface area (TPSA) is 56.0 Å². The van der Waals surface area contributed by atoms with Crippen molar-refractivity contribution in [3.63, 3.8) is 0 Å². The molecule has 4 aromatic rings. The Morgan fingerprint density at radius 2 is 1.33 bits per heavy atom. The molecule has 0 bridgehead atoms. The van der Waals surface area contributed by atoms with Crippen molar-refractivity contribution in [2.24, 2.45) is 0 Å². The maximum Gasteiger partial charge on any atom is 0.234 e. The van der Waals surface area contributed by atoms with Crippen molar-refractivity contribution in [1.82, 2.24) is 24.3 Å². The van der Waals surface area contributed by atoms with Gasteiger partial charge in [-0.3, -0.25) is 14.4 Å². The van der Waals surface area contributed by atoms with Crippen LogP contribution in [0.1, 0.15) is 0 Å². The molecular formula is C16H11N5. The lowest BCUT2D eigenvalue weighted by molar-refractivity contribution is 1.10. The van der Waals surface area contributed by atoms with Crippen LogP contribution in [0, 0.1) is 0 Å². The molecule has 100 valence electrons. The summed E-state index contributed by atoms with van der Waals surface area (Å²) in [7, 11) is 0. The lowest BCUT2D eigenvalue weighted by atomic mass is 10.3. The Balaban J connectivity index is 1.82. The minimum absolute atomic E-state index is 0.638. The van der Waals surface area contributed by atoms with Gasteiger partial charge in [0, 0.05) is 24.8 Å². The third-order valence-corrected chi connectivity index (χ3v) is 3.18. The second kappa shape index (κ2) is 4.79. The van der Waals surface area contributed by atoms with Crippen molar-refractivity contribution in [2.75, 3.05) is 0 Å². The second-order valence-corrected chi connectivity index (χ2v) is 4.58. The van der Waals surface area contributed by atoms with E-state index in [9.17, 15) is 0 Å². The molecule has 4 heterocycles. The highest BCUT2D eigenvalue weighted by Gasteiger charge is 2.08. The van der Waals surface area contributed by atoms with Gasteiger partial charge in [0.1, 0.15) is 5.69 Å². The molecule has 0 aliphatic carbocycles. The first-order valence-corrected chi connectivity index (χ1v) is 6.59. The molecule has 4 rings (SSSR count). The maximum atomic E-state index is 4.55. The standard InChI is InChI=1S/C16H11N5/c1-3-8-17-12(5-1)14-7-10-21-11-15(20-16(21)19-14)13-6-2-4-9-18-13/h1-11H. The van der Waals surface area contributed by atoms with E-state index >= 15 is 0 Å². The number of hydrogen-bond acceptors (Lipinski definition) is 4. The van der Waals surface area contributed by atoms with Gasteiger partial charge in [-0.2, -0.15) is 0 Å². The Morgan fingerprint density at radius 1 is 0.667 bits per heavy atom. The Morgan fingerprint density at radius 3 is 2.00 bits per heavy atom. The van der Waals surface area contributed by atoms with Crippen LogP contribution in [-0.4, -0.2) is 24.3 Å².